The minimum Gasteiger partial charge on any atom is -0.345 e. The van der Waals surface area contributed by atoms with Crippen molar-refractivity contribution in [2.75, 3.05) is 7.05 Å². The molecular weight excluding hydrogens is 252 g/mol. The third kappa shape index (κ3) is 2.38. The first-order valence-electron chi connectivity index (χ1n) is 7.28. The van der Waals surface area contributed by atoms with E-state index in [4.69, 9.17) is 4.52 Å². The molecule has 0 amide bonds. The molecule has 1 N–H and O–H groups in total. The Bertz CT molecular complexity index is 609. The van der Waals surface area contributed by atoms with E-state index in [0.717, 1.165) is 17.8 Å². The highest BCUT2D eigenvalue weighted by Crippen LogP contribution is 2.40. The van der Waals surface area contributed by atoms with Gasteiger partial charge in [0.05, 0.1) is 5.56 Å². The van der Waals surface area contributed by atoms with Crippen molar-refractivity contribution in [1.29, 1.82) is 0 Å². The zero-order valence-corrected chi connectivity index (χ0v) is 12.6. The molecule has 1 saturated carbocycles. The lowest BCUT2D eigenvalue weighted by Gasteiger charge is -2.06. The van der Waals surface area contributed by atoms with Gasteiger partial charge in [-0.05, 0) is 46.7 Å². The van der Waals surface area contributed by atoms with Crippen LogP contribution in [0.3, 0.4) is 0 Å². The van der Waals surface area contributed by atoms with Crippen molar-refractivity contribution in [3.05, 3.63) is 23.3 Å². The zero-order valence-electron chi connectivity index (χ0n) is 12.6. The van der Waals surface area contributed by atoms with E-state index in [0.29, 0.717) is 18.0 Å². The molecule has 0 bridgehead atoms. The first kappa shape index (κ1) is 13.4. The molecule has 0 radical (unpaired) electrons. The molecule has 0 aromatic carbocycles. The summed E-state index contributed by atoms with van der Waals surface area (Å²) in [6, 6.07) is 3.18. The normalized spacial score (nSPS) is 16.6. The predicted octanol–water partition coefficient (Wildman–Crippen LogP) is 2.64. The van der Waals surface area contributed by atoms with Crippen LogP contribution in [-0.4, -0.2) is 27.8 Å². The molecule has 2 aromatic rings. The molecule has 2 aromatic heterocycles. The SMILES string of the molecule is CNC(C)Cc1noc(-c2cc(C)n(C3CC3)c2C)n1. The van der Waals surface area contributed by atoms with Crippen molar-refractivity contribution >= 4 is 0 Å². The van der Waals surface area contributed by atoms with Gasteiger partial charge < -0.3 is 14.4 Å². The quantitative estimate of drug-likeness (QED) is 0.910. The fourth-order valence-corrected chi connectivity index (χ4v) is 2.71. The average Bonchev–Trinajstić information content (AvgIpc) is 3.07. The van der Waals surface area contributed by atoms with E-state index in [-0.39, 0.29) is 0 Å². The van der Waals surface area contributed by atoms with E-state index in [1.54, 1.807) is 0 Å². The first-order chi connectivity index (χ1) is 9.60. The van der Waals surface area contributed by atoms with E-state index in [9.17, 15) is 0 Å². The number of hydrogen-bond acceptors (Lipinski definition) is 4. The summed E-state index contributed by atoms with van der Waals surface area (Å²) < 4.78 is 7.84. The second kappa shape index (κ2) is 5.05. The van der Waals surface area contributed by atoms with Gasteiger partial charge in [0.2, 0.25) is 0 Å². The minimum atomic E-state index is 0.347. The second-order valence-corrected chi connectivity index (χ2v) is 5.80. The van der Waals surface area contributed by atoms with Crippen LogP contribution in [0.1, 0.15) is 43.0 Å². The maximum absolute atomic E-state index is 5.44. The van der Waals surface area contributed by atoms with Gasteiger partial charge in [0.1, 0.15) is 0 Å². The van der Waals surface area contributed by atoms with Gasteiger partial charge in [0.15, 0.2) is 5.82 Å². The average molecular weight is 274 g/mol. The molecule has 108 valence electrons. The summed E-state index contributed by atoms with van der Waals surface area (Å²) in [4.78, 5) is 4.53. The summed E-state index contributed by atoms with van der Waals surface area (Å²) in [5, 5.41) is 7.27. The topological polar surface area (TPSA) is 55.9 Å². The fraction of sp³-hybridized carbons (Fsp3) is 0.600. The van der Waals surface area contributed by atoms with Gasteiger partial charge in [-0.3, -0.25) is 0 Å². The molecule has 5 nitrogen and oxygen atoms in total. The molecule has 20 heavy (non-hydrogen) atoms. The Hall–Kier alpha value is -1.62. The number of aromatic nitrogens is 3. The highest BCUT2D eigenvalue weighted by atomic mass is 16.5. The summed E-state index contributed by atoms with van der Waals surface area (Å²) in [5.41, 5.74) is 3.59. The molecule has 0 aliphatic heterocycles. The number of nitrogens with zero attached hydrogens (tertiary/aromatic N) is 3. The van der Waals surface area contributed by atoms with Crippen LogP contribution < -0.4 is 5.32 Å². The summed E-state index contributed by atoms with van der Waals surface area (Å²) in [6.45, 7) is 6.39. The highest BCUT2D eigenvalue weighted by Gasteiger charge is 2.28. The second-order valence-electron chi connectivity index (χ2n) is 5.80. The van der Waals surface area contributed by atoms with Crippen molar-refractivity contribution in [3.8, 4) is 11.5 Å². The Kier molecular flexibility index (Phi) is 3.38. The molecule has 1 aliphatic carbocycles. The summed E-state index contributed by atoms with van der Waals surface area (Å²) >= 11 is 0. The Morgan fingerprint density at radius 3 is 2.85 bits per heavy atom. The van der Waals surface area contributed by atoms with E-state index < -0.39 is 0 Å². The number of rotatable bonds is 5. The minimum absolute atomic E-state index is 0.347. The number of hydrogen-bond donors (Lipinski definition) is 1. The molecule has 1 fully saturated rings. The lowest BCUT2D eigenvalue weighted by Crippen LogP contribution is -2.24. The van der Waals surface area contributed by atoms with Crippen LogP contribution in [0.25, 0.3) is 11.5 Å². The van der Waals surface area contributed by atoms with Gasteiger partial charge in [0.25, 0.3) is 5.89 Å². The van der Waals surface area contributed by atoms with Gasteiger partial charge in [-0.25, -0.2) is 0 Å². The maximum atomic E-state index is 5.44. The van der Waals surface area contributed by atoms with Gasteiger partial charge in [0, 0.05) is 29.9 Å². The van der Waals surface area contributed by atoms with Crippen LogP contribution in [0.15, 0.2) is 10.6 Å². The Balaban J connectivity index is 1.88. The largest absolute Gasteiger partial charge is 0.345 e. The van der Waals surface area contributed by atoms with Crippen LogP contribution in [0.2, 0.25) is 0 Å². The molecule has 5 heteroatoms. The van der Waals surface area contributed by atoms with Crippen LogP contribution in [0.4, 0.5) is 0 Å². The summed E-state index contributed by atoms with van der Waals surface area (Å²) in [5.74, 6) is 1.40. The number of aryl methyl sites for hydroxylation is 1. The zero-order chi connectivity index (χ0) is 14.3. The van der Waals surface area contributed by atoms with E-state index >= 15 is 0 Å². The Morgan fingerprint density at radius 1 is 1.45 bits per heavy atom. The van der Waals surface area contributed by atoms with Crippen molar-refractivity contribution in [3.63, 3.8) is 0 Å². The molecule has 1 unspecified atom stereocenters. The van der Waals surface area contributed by atoms with Gasteiger partial charge in [-0.1, -0.05) is 5.16 Å². The number of nitrogens with one attached hydrogen (secondary N) is 1. The predicted molar refractivity (Wildman–Crippen MR) is 77.7 cm³/mol. The summed E-state index contributed by atoms with van der Waals surface area (Å²) in [7, 11) is 1.94. The maximum Gasteiger partial charge on any atom is 0.259 e. The standard InChI is InChI=1S/C15H22N4O/c1-9(16-4)7-14-17-15(20-18-14)13-8-10(2)19(11(13)3)12-5-6-12/h8-9,12,16H,5-7H2,1-4H3. The molecule has 2 heterocycles. The van der Waals surface area contributed by atoms with Crippen LogP contribution in [0.5, 0.6) is 0 Å². The van der Waals surface area contributed by atoms with Crippen molar-refractivity contribution < 1.29 is 4.52 Å². The third-order valence-electron chi connectivity index (χ3n) is 4.08. The Labute approximate surface area is 119 Å². The van der Waals surface area contributed by atoms with Crippen LogP contribution in [0, 0.1) is 13.8 Å². The molecule has 0 saturated heterocycles. The summed E-state index contributed by atoms with van der Waals surface area (Å²) in [6.07, 6.45) is 3.34. The van der Waals surface area contributed by atoms with E-state index in [1.807, 2.05) is 7.05 Å². The lowest BCUT2D eigenvalue weighted by molar-refractivity contribution is 0.418. The smallest absolute Gasteiger partial charge is 0.259 e. The van der Waals surface area contributed by atoms with Crippen molar-refractivity contribution in [1.82, 2.24) is 20.0 Å². The highest BCUT2D eigenvalue weighted by molar-refractivity contribution is 5.58. The van der Waals surface area contributed by atoms with Crippen molar-refractivity contribution in [2.24, 2.45) is 0 Å². The fourth-order valence-electron chi connectivity index (χ4n) is 2.71. The van der Waals surface area contributed by atoms with Gasteiger partial charge >= 0.3 is 0 Å². The molecule has 0 spiro atoms. The van der Waals surface area contributed by atoms with Gasteiger partial charge in [-0.15, -0.1) is 0 Å². The monoisotopic (exact) mass is 274 g/mol. The van der Waals surface area contributed by atoms with Crippen LogP contribution in [-0.2, 0) is 6.42 Å². The van der Waals surface area contributed by atoms with E-state index in [1.165, 1.54) is 24.2 Å². The van der Waals surface area contributed by atoms with Gasteiger partial charge in [-0.2, -0.15) is 4.98 Å². The third-order valence-corrected chi connectivity index (χ3v) is 4.08. The molecule has 3 rings (SSSR count). The molecular formula is C15H22N4O. The molecule has 1 atom stereocenters. The lowest BCUT2D eigenvalue weighted by atomic mass is 10.2. The number of likely N-dealkylation sites (N-methyl/N-ethyl adjacent to an activating group) is 1. The van der Waals surface area contributed by atoms with E-state index in [2.05, 4.69) is 46.9 Å². The first-order valence-corrected chi connectivity index (χ1v) is 7.28. The van der Waals surface area contributed by atoms with Crippen molar-refractivity contribution in [2.45, 2.75) is 52.1 Å². The Morgan fingerprint density at radius 2 is 2.20 bits per heavy atom. The molecule has 1 aliphatic rings. The van der Waals surface area contributed by atoms with Crippen LogP contribution >= 0.6 is 0 Å².